The number of carbonyl (C=O) groups is 2. The van der Waals surface area contributed by atoms with Crippen molar-refractivity contribution in [2.45, 2.75) is 71.7 Å². The molecular formula is C37H39NO8S. The zero-order valence-electron chi connectivity index (χ0n) is 27.1. The van der Waals surface area contributed by atoms with Crippen molar-refractivity contribution in [3.05, 3.63) is 81.8 Å². The number of aliphatic hydroxyl groups excluding tert-OH is 1. The molecule has 2 fully saturated rings. The van der Waals surface area contributed by atoms with E-state index in [1.165, 1.54) is 18.3 Å². The summed E-state index contributed by atoms with van der Waals surface area (Å²) in [5.41, 5.74) is -2.35. The summed E-state index contributed by atoms with van der Waals surface area (Å²) in [7, 11) is 0. The van der Waals surface area contributed by atoms with Crippen LogP contribution in [0.5, 0.6) is 5.75 Å². The number of ether oxygens (including phenoxy) is 3. The van der Waals surface area contributed by atoms with Crippen LogP contribution in [0.4, 0.5) is 0 Å². The summed E-state index contributed by atoms with van der Waals surface area (Å²) in [6, 6.07) is 14.7. The van der Waals surface area contributed by atoms with Crippen molar-refractivity contribution >= 4 is 33.4 Å². The van der Waals surface area contributed by atoms with Crippen molar-refractivity contribution in [2.75, 3.05) is 6.61 Å². The second kappa shape index (κ2) is 11.3. The van der Waals surface area contributed by atoms with Crippen LogP contribution in [0.15, 0.2) is 70.1 Å². The number of esters is 2. The van der Waals surface area contributed by atoms with Crippen molar-refractivity contribution in [1.82, 2.24) is 4.98 Å². The average Bonchev–Trinajstić information content (AvgIpc) is 3.48. The Morgan fingerprint density at radius 2 is 1.91 bits per heavy atom. The SMILES string of the molecule is CC(=O)OC[C@@]1(C)C2C[C@H](OC(=O)c3cc4ccccc4s3)[C@@]3(C)Oc4cc(-c5cccnc5)oc(=O)c4[C@H](O)C3[C@@]2(C)CC[C@@H]1C. The summed E-state index contributed by atoms with van der Waals surface area (Å²) in [4.78, 5) is 44.2. The maximum absolute atomic E-state index is 13.9. The van der Waals surface area contributed by atoms with E-state index < -0.39 is 46.2 Å². The fourth-order valence-electron chi connectivity index (χ4n) is 8.97. The van der Waals surface area contributed by atoms with Crippen LogP contribution in [-0.4, -0.2) is 40.3 Å². The molecule has 3 aromatic heterocycles. The molecule has 7 rings (SSSR count). The minimum Gasteiger partial charge on any atom is -0.482 e. The van der Waals surface area contributed by atoms with Gasteiger partial charge in [-0.2, -0.15) is 0 Å². The second-order valence-corrected chi connectivity index (χ2v) is 15.3. The third kappa shape index (κ3) is 4.99. The number of hydrogen-bond donors (Lipinski definition) is 1. The Morgan fingerprint density at radius 3 is 2.64 bits per heavy atom. The quantitative estimate of drug-likeness (QED) is 0.227. The van der Waals surface area contributed by atoms with E-state index in [-0.39, 0.29) is 41.5 Å². The van der Waals surface area contributed by atoms with Crippen molar-refractivity contribution in [3.63, 3.8) is 0 Å². The first kappa shape index (κ1) is 31.6. The summed E-state index contributed by atoms with van der Waals surface area (Å²) in [5.74, 6) is -1.02. The Hall–Kier alpha value is -4.02. The summed E-state index contributed by atoms with van der Waals surface area (Å²) < 4.78 is 25.7. The molecule has 4 heterocycles. The molecule has 2 saturated carbocycles. The molecule has 0 bridgehead atoms. The second-order valence-electron chi connectivity index (χ2n) is 14.2. The van der Waals surface area contributed by atoms with Gasteiger partial charge >= 0.3 is 17.6 Å². The lowest BCUT2D eigenvalue weighted by molar-refractivity contribution is -0.257. The summed E-state index contributed by atoms with van der Waals surface area (Å²) in [5, 5.41) is 13.3. The predicted molar refractivity (Wildman–Crippen MR) is 176 cm³/mol. The van der Waals surface area contributed by atoms with E-state index in [2.05, 4.69) is 25.8 Å². The van der Waals surface area contributed by atoms with Gasteiger partial charge in [-0.1, -0.05) is 39.0 Å². The van der Waals surface area contributed by atoms with E-state index in [9.17, 15) is 19.5 Å². The Labute approximate surface area is 276 Å². The summed E-state index contributed by atoms with van der Waals surface area (Å²) in [6.07, 6.45) is 3.11. The third-order valence-electron chi connectivity index (χ3n) is 11.6. The predicted octanol–water partition coefficient (Wildman–Crippen LogP) is 6.97. The molecule has 1 aliphatic heterocycles. The molecule has 0 amide bonds. The van der Waals surface area contributed by atoms with Crippen molar-refractivity contribution in [3.8, 4) is 17.1 Å². The number of carbonyl (C=O) groups excluding carboxylic acids is 2. The van der Waals surface area contributed by atoms with Gasteiger partial charge in [0.1, 0.15) is 33.7 Å². The number of aromatic nitrogens is 1. The van der Waals surface area contributed by atoms with Gasteiger partial charge in [-0.05, 0) is 73.1 Å². The van der Waals surface area contributed by atoms with Crippen LogP contribution >= 0.6 is 11.3 Å². The molecule has 4 aromatic rings. The first-order chi connectivity index (χ1) is 22.3. The topological polar surface area (TPSA) is 125 Å². The molecule has 2 unspecified atom stereocenters. The van der Waals surface area contributed by atoms with E-state index >= 15 is 0 Å². The van der Waals surface area contributed by atoms with E-state index in [0.717, 1.165) is 22.9 Å². The van der Waals surface area contributed by atoms with Gasteiger partial charge < -0.3 is 23.7 Å². The fraction of sp³-hybridized carbons (Fsp3) is 0.459. The van der Waals surface area contributed by atoms with Crippen molar-refractivity contribution in [2.24, 2.45) is 28.6 Å². The summed E-state index contributed by atoms with van der Waals surface area (Å²) in [6.45, 7) is 9.88. The molecule has 0 saturated heterocycles. The molecule has 3 aliphatic rings. The standard InChI is InChI=1S/C37H39NO8S/c1-20-12-13-35(3)28(36(20,4)19-43-21(2)39)17-29(45-33(41)27-15-22-9-6-7-11-26(22)47-27)37(5)32(35)31(40)30-25(46-37)16-24(44-34(30)42)23-10-8-14-38-18-23/h6-11,14-16,18,20,28-29,31-32,40H,12-13,17,19H2,1-5H3/t20-,28?,29-,31-,32?,35-,36+,37+/m0/s1. The first-order valence-electron chi connectivity index (χ1n) is 16.1. The highest BCUT2D eigenvalue weighted by Gasteiger charge is 2.70. The number of nitrogens with zero attached hydrogens (tertiary/aromatic N) is 1. The van der Waals surface area contributed by atoms with Gasteiger partial charge in [0.05, 0.1) is 12.7 Å². The molecule has 1 aromatic carbocycles. The van der Waals surface area contributed by atoms with Gasteiger partial charge in [0.15, 0.2) is 0 Å². The van der Waals surface area contributed by atoms with Crippen LogP contribution in [0.25, 0.3) is 21.4 Å². The number of aliphatic hydroxyl groups is 1. The Morgan fingerprint density at radius 1 is 1.13 bits per heavy atom. The minimum atomic E-state index is -1.27. The van der Waals surface area contributed by atoms with E-state index in [0.29, 0.717) is 16.9 Å². The lowest BCUT2D eigenvalue weighted by atomic mass is 9.41. The highest BCUT2D eigenvalue weighted by molar-refractivity contribution is 7.20. The van der Waals surface area contributed by atoms with Crippen LogP contribution in [0.1, 0.15) is 75.2 Å². The van der Waals surface area contributed by atoms with E-state index in [4.69, 9.17) is 18.6 Å². The number of rotatable bonds is 5. The van der Waals surface area contributed by atoms with E-state index in [1.54, 1.807) is 30.6 Å². The molecule has 1 N–H and O–H groups in total. The lowest BCUT2D eigenvalue weighted by Crippen LogP contribution is -2.70. The number of thiophene rings is 1. The third-order valence-corrected chi connectivity index (χ3v) is 12.6. The molecule has 0 spiro atoms. The monoisotopic (exact) mass is 657 g/mol. The highest BCUT2D eigenvalue weighted by atomic mass is 32.1. The molecule has 10 heteroatoms. The van der Waals surface area contributed by atoms with Gasteiger partial charge in [-0.25, -0.2) is 9.59 Å². The Balaban J connectivity index is 1.36. The molecule has 0 radical (unpaired) electrons. The van der Waals surface area contributed by atoms with Gasteiger partial charge in [0.25, 0.3) is 0 Å². The van der Waals surface area contributed by atoms with Gasteiger partial charge in [-0.15, -0.1) is 11.3 Å². The normalized spacial score (nSPS) is 32.8. The van der Waals surface area contributed by atoms with Crippen molar-refractivity contribution in [1.29, 1.82) is 0 Å². The molecule has 8 atom stereocenters. The number of fused-ring (bicyclic) bond motifs is 5. The van der Waals surface area contributed by atoms with Gasteiger partial charge in [0.2, 0.25) is 0 Å². The van der Waals surface area contributed by atoms with Crippen LogP contribution in [-0.2, 0) is 14.3 Å². The molecular weight excluding hydrogens is 618 g/mol. The fourth-order valence-corrected chi connectivity index (χ4v) is 9.91. The smallest absolute Gasteiger partial charge is 0.348 e. The number of hydrogen-bond acceptors (Lipinski definition) is 10. The highest BCUT2D eigenvalue weighted by Crippen LogP contribution is 2.68. The minimum absolute atomic E-state index is 0.0527. The maximum atomic E-state index is 13.9. The number of benzene rings is 1. The molecule has 246 valence electrons. The first-order valence-corrected chi connectivity index (χ1v) is 17.0. The van der Waals surface area contributed by atoms with Gasteiger partial charge in [-0.3, -0.25) is 9.78 Å². The van der Waals surface area contributed by atoms with Crippen LogP contribution < -0.4 is 10.4 Å². The molecule has 9 nitrogen and oxygen atoms in total. The lowest BCUT2D eigenvalue weighted by Gasteiger charge is -2.66. The molecule has 2 aliphatic carbocycles. The van der Waals surface area contributed by atoms with E-state index in [1.807, 2.05) is 37.3 Å². The van der Waals surface area contributed by atoms with Gasteiger partial charge in [0, 0.05) is 47.0 Å². The molecule has 47 heavy (non-hydrogen) atoms. The van der Waals surface area contributed by atoms with Crippen molar-refractivity contribution < 1.29 is 33.3 Å². The van der Waals surface area contributed by atoms with Crippen LogP contribution in [0.2, 0.25) is 0 Å². The Bertz CT molecular complexity index is 1890. The zero-order chi connectivity index (χ0) is 33.3. The number of pyridine rings is 1. The van der Waals surface area contributed by atoms with Crippen LogP contribution in [0.3, 0.4) is 0 Å². The zero-order valence-corrected chi connectivity index (χ0v) is 28.0. The van der Waals surface area contributed by atoms with Crippen LogP contribution in [0, 0.1) is 28.6 Å². The summed E-state index contributed by atoms with van der Waals surface area (Å²) >= 11 is 1.36. The maximum Gasteiger partial charge on any atom is 0.348 e. The largest absolute Gasteiger partial charge is 0.482 e. The Kier molecular flexibility index (Phi) is 7.59. The average molecular weight is 658 g/mol.